The number of nitrogens with one attached hydrogen (secondary N) is 2. The highest BCUT2D eigenvalue weighted by molar-refractivity contribution is 7.87. The van der Waals surface area contributed by atoms with Crippen molar-refractivity contribution in [3.05, 3.63) is 0 Å². The van der Waals surface area contributed by atoms with Crippen molar-refractivity contribution in [1.29, 1.82) is 0 Å². The van der Waals surface area contributed by atoms with Gasteiger partial charge in [-0.15, -0.1) is 0 Å². The molecule has 0 amide bonds. The molecule has 1 aliphatic carbocycles. The van der Waals surface area contributed by atoms with E-state index in [1.54, 1.807) is 4.31 Å². The van der Waals surface area contributed by atoms with Crippen molar-refractivity contribution in [3.8, 4) is 0 Å². The Morgan fingerprint density at radius 3 is 2.67 bits per heavy atom. The van der Waals surface area contributed by atoms with E-state index in [1.165, 1.54) is 12.8 Å². The van der Waals surface area contributed by atoms with Gasteiger partial charge in [-0.2, -0.15) is 17.4 Å². The number of nitrogens with zero attached hydrogens (tertiary/aromatic N) is 1. The molecule has 1 saturated carbocycles. The van der Waals surface area contributed by atoms with Gasteiger partial charge in [-0.1, -0.05) is 19.8 Å². The Hall–Kier alpha value is -0.170. The van der Waals surface area contributed by atoms with Crippen LogP contribution in [0.4, 0.5) is 0 Å². The standard InChI is InChI=1S/C15H31N3O2S/c1-3-8-16-11-15-5-4-9-18(12-15)21(19,20)17-13(2)10-14-6-7-14/h13-17H,3-12H2,1-2H3. The average Bonchev–Trinajstić information content (AvgIpc) is 3.22. The minimum atomic E-state index is -3.31. The molecule has 2 fully saturated rings. The van der Waals surface area contributed by atoms with Gasteiger partial charge in [-0.05, 0) is 57.5 Å². The van der Waals surface area contributed by atoms with Crippen molar-refractivity contribution in [2.24, 2.45) is 11.8 Å². The average molecular weight is 317 g/mol. The van der Waals surface area contributed by atoms with Crippen LogP contribution in [0.15, 0.2) is 0 Å². The lowest BCUT2D eigenvalue weighted by Crippen LogP contribution is -2.49. The Balaban J connectivity index is 1.80. The smallest absolute Gasteiger partial charge is 0.279 e. The second kappa shape index (κ2) is 7.90. The van der Waals surface area contributed by atoms with Gasteiger partial charge in [0, 0.05) is 19.1 Å². The van der Waals surface area contributed by atoms with Gasteiger partial charge in [0.05, 0.1) is 0 Å². The van der Waals surface area contributed by atoms with E-state index in [4.69, 9.17) is 0 Å². The van der Waals surface area contributed by atoms with Gasteiger partial charge in [0.2, 0.25) is 0 Å². The summed E-state index contributed by atoms with van der Waals surface area (Å²) in [7, 11) is -3.31. The molecule has 1 heterocycles. The summed E-state index contributed by atoms with van der Waals surface area (Å²) in [5, 5.41) is 3.41. The SMILES string of the molecule is CCCNCC1CCCN(S(=O)(=O)NC(C)CC2CC2)C1. The molecule has 5 nitrogen and oxygen atoms in total. The van der Waals surface area contributed by atoms with Crippen LogP contribution in [0.25, 0.3) is 0 Å². The van der Waals surface area contributed by atoms with E-state index in [2.05, 4.69) is 17.0 Å². The minimum Gasteiger partial charge on any atom is -0.316 e. The topological polar surface area (TPSA) is 61.4 Å². The highest BCUT2D eigenvalue weighted by Gasteiger charge is 2.31. The number of hydrogen-bond donors (Lipinski definition) is 2. The summed E-state index contributed by atoms with van der Waals surface area (Å²) in [6.07, 6.45) is 6.72. The predicted octanol–water partition coefficient (Wildman–Crippen LogP) is 1.72. The molecular weight excluding hydrogens is 286 g/mol. The van der Waals surface area contributed by atoms with E-state index in [0.29, 0.717) is 19.0 Å². The second-order valence-corrected chi connectivity index (χ2v) is 8.48. The summed E-state index contributed by atoms with van der Waals surface area (Å²) < 4.78 is 29.4. The number of rotatable bonds is 9. The van der Waals surface area contributed by atoms with Gasteiger partial charge in [0.15, 0.2) is 0 Å². The second-order valence-electron chi connectivity index (χ2n) is 6.77. The van der Waals surface area contributed by atoms with Crippen molar-refractivity contribution in [3.63, 3.8) is 0 Å². The highest BCUT2D eigenvalue weighted by Crippen LogP contribution is 2.33. The van der Waals surface area contributed by atoms with E-state index in [1.807, 2.05) is 6.92 Å². The predicted molar refractivity (Wildman–Crippen MR) is 86.3 cm³/mol. The zero-order chi connectivity index (χ0) is 15.3. The first-order chi connectivity index (χ1) is 10.0. The van der Waals surface area contributed by atoms with E-state index in [0.717, 1.165) is 44.7 Å². The zero-order valence-electron chi connectivity index (χ0n) is 13.5. The Labute approximate surface area is 130 Å². The van der Waals surface area contributed by atoms with Gasteiger partial charge in [0.1, 0.15) is 0 Å². The lowest BCUT2D eigenvalue weighted by atomic mass is 10.00. The van der Waals surface area contributed by atoms with Gasteiger partial charge in [0.25, 0.3) is 10.2 Å². The molecular formula is C15H31N3O2S. The monoisotopic (exact) mass is 317 g/mol. The third-order valence-electron chi connectivity index (χ3n) is 4.42. The van der Waals surface area contributed by atoms with Crippen LogP contribution < -0.4 is 10.0 Å². The first-order valence-electron chi connectivity index (χ1n) is 8.49. The Bertz CT molecular complexity index is 409. The molecule has 1 saturated heterocycles. The summed E-state index contributed by atoms with van der Waals surface area (Å²) in [5.74, 6) is 1.19. The van der Waals surface area contributed by atoms with E-state index < -0.39 is 10.2 Å². The Morgan fingerprint density at radius 2 is 2.00 bits per heavy atom. The quantitative estimate of drug-likeness (QED) is 0.637. The fourth-order valence-corrected chi connectivity index (χ4v) is 4.66. The summed E-state index contributed by atoms with van der Waals surface area (Å²) in [6, 6.07) is 0.0566. The van der Waals surface area contributed by atoms with Crippen LogP contribution in [0, 0.1) is 11.8 Å². The van der Waals surface area contributed by atoms with Gasteiger partial charge >= 0.3 is 0 Å². The Kier molecular flexibility index (Phi) is 6.47. The molecule has 1 aliphatic heterocycles. The molecule has 0 bridgehead atoms. The fourth-order valence-electron chi connectivity index (χ4n) is 3.13. The third-order valence-corrected chi connectivity index (χ3v) is 6.13. The van der Waals surface area contributed by atoms with E-state index >= 15 is 0 Å². The van der Waals surface area contributed by atoms with Crippen LogP contribution in [-0.2, 0) is 10.2 Å². The van der Waals surface area contributed by atoms with Crippen LogP contribution in [-0.4, -0.2) is 44.9 Å². The third kappa shape index (κ3) is 5.85. The van der Waals surface area contributed by atoms with Crippen LogP contribution in [0.3, 0.4) is 0 Å². The maximum absolute atomic E-state index is 12.5. The molecule has 2 N–H and O–H groups in total. The van der Waals surface area contributed by atoms with Crippen LogP contribution in [0.5, 0.6) is 0 Å². The Morgan fingerprint density at radius 1 is 1.24 bits per heavy atom. The van der Waals surface area contributed by atoms with Gasteiger partial charge in [-0.3, -0.25) is 0 Å². The molecule has 6 heteroatoms. The molecule has 124 valence electrons. The molecule has 0 radical (unpaired) electrons. The van der Waals surface area contributed by atoms with Crippen LogP contribution in [0.2, 0.25) is 0 Å². The van der Waals surface area contributed by atoms with Gasteiger partial charge in [-0.25, -0.2) is 0 Å². The number of piperidine rings is 1. The lowest BCUT2D eigenvalue weighted by Gasteiger charge is -2.33. The first-order valence-corrected chi connectivity index (χ1v) is 9.93. The van der Waals surface area contributed by atoms with Crippen molar-refractivity contribution in [2.45, 2.75) is 58.4 Å². The maximum Gasteiger partial charge on any atom is 0.279 e. The molecule has 0 aromatic rings. The lowest BCUT2D eigenvalue weighted by molar-refractivity contribution is 0.256. The van der Waals surface area contributed by atoms with Crippen molar-refractivity contribution >= 4 is 10.2 Å². The largest absolute Gasteiger partial charge is 0.316 e. The fraction of sp³-hybridized carbons (Fsp3) is 1.00. The molecule has 0 aromatic heterocycles. The zero-order valence-corrected chi connectivity index (χ0v) is 14.3. The van der Waals surface area contributed by atoms with Crippen LogP contribution in [0.1, 0.15) is 52.4 Å². The molecule has 0 aromatic carbocycles. The normalized spacial score (nSPS) is 25.9. The number of hydrogen-bond acceptors (Lipinski definition) is 3. The summed E-state index contributed by atoms with van der Waals surface area (Å²) in [6.45, 7) is 7.39. The minimum absolute atomic E-state index is 0.0566. The van der Waals surface area contributed by atoms with Crippen molar-refractivity contribution < 1.29 is 8.42 Å². The van der Waals surface area contributed by atoms with Gasteiger partial charge < -0.3 is 5.32 Å². The van der Waals surface area contributed by atoms with Crippen molar-refractivity contribution in [2.75, 3.05) is 26.2 Å². The summed E-state index contributed by atoms with van der Waals surface area (Å²) in [4.78, 5) is 0. The molecule has 2 unspecified atom stereocenters. The highest BCUT2D eigenvalue weighted by atomic mass is 32.2. The van der Waals surface area contributed by atoms with E-state index in [9.17, 15) is 8.42 Å². The summed E-state index contributed by atoms with van der Waals surface area (Å²) in [5.41, 5.74) is 0. The maximum atomic E-state index is 12.5. The first kappa shape index (κ1) is 17.2. The molecule has 2 rings (SSSR count). The van der Waals surface area contributed by atoms with E-state index in [-0.39, 0.29) is 6.04 Å². The molecule has 2 aliphatic rings. The van der Waals surface area contributed by atoms with Crippen molar-refractivity contribution in [1.82, 2.24) is 14.3 Å². The van der Waals surface area contributed by atoms with Crippen LogP contribution >= 0.6 is 0 Å². The molecule has 21 heavy (non-hydrogen) atoms. The summed E-state index contributed by atoms with van der Waals surface area (Å²) >= 11 is 0. The molecule has 2 atom stereocenters. The molecule has 0 spiro atoms.